The molecule has 2 rings (SSSR count). The van der Waals surface area contributed by atoms with Crippen molar-refractivity contribution in [3.8, 4) is 0 Å². The molecule has 1 atom stereocenters. The third-order valence-electron chi connectivity index (χ3n) is 3.25. The molecule has 1 aromatic heterocycles. The molecule has 5 heteroatoms. The van der Waals surface area contributed by atoms with Gasteiger partial charge in [0.2, 0.25) is 0 Å². The van der Waals surface area contributed by atoms with Crippen LogP contribution in [0.4, 0.5) is 0 Å². The molecule has 1 aliphatic heterocycles. The highest BCUT2D eigenvalue weighted by molar-refractivity contribution is 5.94. The summed E-state index contributed by atoms with van der Waals surface area (Å²) in [6, 6.07) is 1.52. The van der Waals surface area contributed by atoms with Crippen molar-refractivity contribution in [3.63, 3.8) is 0 Å². The quantitative estimate of drug-likeness (QED) is 0.849. The largest absolute Gasteiger partial charge is 0.377 e. The van der Waals surface area contributed by atoms with Gasteiger partial charge in [-0.05, 0) is 13.3 Å². The first-order valence-electron chi connectivity index (χ1n) is 6.21. The predicted molar refractivity (Wildman–Crippen MR) is 67.7 cm³/mol. The average Bonchev–Trinajstić information content (AvgIpc) is 2.38. The van der Waals surface area contributed by atoms with E-state index in [-0.39, 0.29) is 22.9 Å². The number of aromatic nitrogens is 1. The van der Waals surface area contributed by atoms with Crippen LogP contribution in [0, 0.1) is 6.92 Å². The summed E-state index contributed by atoms with van der Waals surface area (Å²) in [5.74, 6) is -0.202. The number of hydrogen-bond acceptors (Lipinski definition) is 3. The second-order valence-electron chi connectivity index (χ2n) is 4.53. The summed E-state index contributed by atoms with van der Waals surface area (Å²) in [7, 11) is 0. The SMILES string of the molecule is CCC1COCCN1C(=O)c1c[nH]c(C)cc1=O. The zero-order valence-corrected chi connectivity index (χ0v) is 10.7. The molecule has 98 valence electrons. The van der Waals surface area contributed by atoms with Crippen LogP contribution < -0.4 is 5.43 Å². The molecule has 1 unspecified atom stereocenters. The number of ether oxygens (including phenoxy) is 1. The van der Waals surface area contributed by atoms with Gasteiger partial charge in [-0.15, -0.1) is 0 Å². The van der Waals surface area contributed by atoms with Crippen molar-refractivity contribution in [1.29, 1.82) is 0 Å². The van der Waals surface area contributed by atoms with Crippen LogP contribution in [0.5, 0.6) is 0 Å². The molecule has 1 saturated heterocycles. The number of rotatable bonds is 2. The minimum Gasteiger partial charge on any atom is -0.377 e. The Morgan fingerprint density at radius 3 is 3.06 bits per heavy atom. The van der Waals surface area contributed by atoms with E-state index >= 15 is 0 Å². The molecule has 0 saturated carbocycles. The van der Waals surface area contributed by atoms with Crippen LogP contribution in [0.1, 0.15) is 29.4 Å². The van der Waals surface area contributed by atoms with Crippen LogP contribution in [0.2, 0.25) is 0 Å². The highest BCUT2D eigenvalue weighted by atomic mass is 16.5. The van der Waals surface area contributed by atoms with Gasteiger partial charge in [0.1, 0.15) is 5.56 Å². The predicted octanol–water partition coefficient (Wildman–Crippen LogP) is 0.934. The Bertz CT molecular complexity index is 495. The van der Waals surface area contributed by atoms with E-state index in [9.17, 15) is 9.59 Å². The van der Waals surface area contributed by atoms with E-state index < -0.39 is 0 Å². The highest BCUT2D eigenvalue weighted by Crippen LogP contribution is 2.13. The number of H-pyrrole nitrogens is 1. The van der Waals surface area contributed by atoms with Gasteiger partial charge >= 0.3 is 0 Å². The Labute approximate surface area is 106 Å². The van der Waals surface area contributed by atoms with E-state index in [0.717, 1.165) is 12.1 Å². The van der Waals surface area contributed by atoms with E-state index in [1.807, 2.05) is 6.92 Å². The summed E-state index contributed by atoms with van der Waals surface area (Å²) in [5, 5.41) is 0. The smallest absolute Gasteiger partial charge is 0.259 e. The van der Waals surface area contributed by atoms with Gasteiger partial charge in [0.25, 0.3) is 5.91 Å². The summed E-state index contributed by atoms with van der Waals surface area (Å²) in [4.78, 5) is 28.8. The van der Waals surface area contributed by atoms with Crippen molar-refractivity contribution in [3.05, 3.63) is 33.7 Å². The number of morpholine rings is 1. The number of aryl methyl sites for hydroxylation is 1. The van der Waals surface area contributed by atoms with Gasteiger partial charge in [0.05, 0.1) is 19.3 Å². The summed E-state index contributed by atoms with van der Waals surface area (Å²) in [6.45, 7) is 5.43. The fourth-order valence-corrected chi connectivity index (χ4v) is 2.16. The third kappa shape index (κ3) is 2.46. The second kappa shape index (κ2) is 5.35. The molecule has 0 bridgehead atoms. The number of aromatic amines is 1. The minimum atomic E-state index is -0.224. The van der Waals surface area contributed by atoms with Gasteiger partial charge in [-0.2, -0.15) is 0 Å². The summed E-state index contributed by atoms with van der Waals surface area (Å²) >= 11 is 0. The van der Waals surface area contributed by atoms with Crippen LogP contribution in [0.3, 0.4) is 0 Å². The van der Waals surface area contributed by atoms with Crippen molar-refractivity contribution in [1.82, 2.24) is 9.88 Å². The van der Waals surface area contributed by atoms with Crippen LogP contribution in [0.25, 0.3) is 0 Å². The Morgan fingerprint density at radius 1 is 1.61 bits per heavy atom. The van der Waals surface area contributed by atoms with E-state index in [4.69, 9.17) is 4.74 Å². The maximum atomic E-state index is 12.4. The number of hydrogen-bond donors (Lipinski definition) is 1. The zero-order chi connectivity index (χ0) is 13.1. The molecule has 1 aliphatic rings. The molecule has 0 aromatic carbocycles. The third-order valence-corrected chi connectivity index (χ3v) is 3.25. The van der Waals surface area contributed by atoms with E-state index in [0.29, 0.717) is 19.8 Å². The van der Waals surface area contributed by atoms with Gasteiger partial charge in [-0.3, -0.25) is 9.59 Å². The molecular weight excluding hydrogens is 232 g/mol. The lowest BCUT2D eigenvalue weighted by Crippen LogP contribution is -2.49. The molecular formula is C13H18N2O3. The maximum absolute atomic E-state index is 12.4. The Morgan fingerprint density at radius 2 is 2.39 bits per heavy atom. The van der Waals surface area contributed by atoms with Gasteiger partial charge in [0.15, 0.2) is 5.43 Å². The Balaban J connectivity index is 2.27. The lowest BCUT2D eigenvalue weighted by Gasteiger charge is -2.34. The van der Waals surface area contributed by atoms with Crippen LogP contribution in [-0.2, 0) is 4.74 Å². The Kier molecular flexibility index (Phi) is 3.81. The minimum absolute atomic E-state index is 0.0620. The van der Waals surface area contributed by atoms with E-state index in [1.54, 1.807) is 11.8 Å². The molecule has 0 aliphatic carbocycles. The molecule has 1 aromatic rings. The Hall–Kier alpha value is -1.62. The van der Waals surface area contributed by atoms with Crippen LogP contribution in [-0.4, -0.2) is 41.6 Å². The molecule has 0 spiro atoms. The first kappa shape index (κ1) is 12.8. The van der Waals surface area contributed by atoms with Gasteiger partial charge in [-0.25, -0.2) is 0 Å². The number of carbonyl (C=O) groups excluding carboxylic acids is 1. The number of amides is 1. The monoisotopic (exact) mass is 250 g/mol. The normalized spacial score (nSPS) is 19.9. The molecule has 0 radical (unpaired) electrons. The fraction of sp³-hybridized carbons (Fsp3) is 0.538. The van der Waals surface area contributed by atoms with Gasteiger partial charge in [0, 0.05) is 24.5 Å². The first-order valence-corrected chi connectivity index (χ1v) is 6.21. The summed E-state index contributed by atoms with van der Waals surface area (Å²) < 4.78 is 5.36. The molecule has 2 heterocycles. The molecule has 1 amide bonds. The van der Waals surface area contributed by atoms with Crippen molar-refractivity contribution in [2.24, 2.45) is 0 Å². The number of nitrogens with one attached hydrogen (secondary N) is 1. The fourth-order valence-electron chi connectivity index (χ4n) is 2.16. The summed E-state index contributed by atoms with van der Waals surface area (Å²) in [5.41, 5.74) is 0.740. The standard InChI is InChI=1S/C13H18N2O3/c1-3-10-8-18-5-4-15(10)13(17)11-7-14-9(2)6-12(11)16/h6-7,10H,3-5,8H2,1-2H3,(H,14,16). The topological polar surface area (TPSA) is 62.4 Å². The number of carbonyl (C=O) groups is 1. The van der Waals surface area contributed by atoms with Gasteiger partial charge in [-0.1, -0.05) is 6.92 Å². The lowest BCUT2D eigenvalue weighted by molar-refractivity contribution is -0.00288. The highest BCUT2D eigenvalue weighted by Gasteiger charge is 2.27. The van der Waals surface area contributed by atoms with Crippen LogP contribution in [0.15, 0.2) is 17.1 Å². The van der Waals surface area contributed by atoms with Gasteiger partial charge < -0.3 is 14.6 Å². The van der Waals surface area contributed by atoms with Crippen molar-refractivity contribution >= 4 is 5.91 Å². The van der Waals surface area contributed by atoms with E-state index in [2.05, 4.69) is 4.98 Å². The van der Waals surface area contributed by atoms with E-state index in [1.165, 1.54) is 12.3 Å². The second-order valence-corrected chi connectivity index (χ2v) is 4.53. The molecule has 1 fully saturated rings. The molecule has 5 nitrogen and oxygen atoms in total. The molecule has 18 heavy (non-hydrogen) atoms. The summed E-state index contributed by atoms with van der Waals surface area (Å²) in [6.07, 6.45) is 2.33. The van der Waals surface area contributed by atoms with Crippen molar-refractivity contribution < 1.29 is 9.53 Å². The number of nitrogens with zero attached hydrogens (tertiary/aromatic N) is 1. The first-order chi connectivity index (χ1) is 8.63. The maximum Gasteiger partial charge on any atom is 0.259 e. The number of pyridine rings is 1. The zero-order valence-electron chi connectivity index (χ0n) is 10.7. The molecule has 1 N–H and O–H groups in total. The van der Waals surface area contributed by atoms with Crippen molar-refractivity contribution in [2.45, 2.75) is 26.3 Å². The van der Waals surface area contributed by atoms with Crippen molar-refractivity contribution in [2.75, 3.05) is 19.8 Å². The van der Waals surface area contributed by atoms with Crippen LogP contribution >= 0.6 is 0 Å². The lowest BCUT2D eigenvalue weighted by atomic mass is 10.1. The average molecular weight is 250 g/mol.